The van der Waals surface area contributed by atoms with Crippen molar-refractivity contribution in [1.29, 1.82) is 0 Å². The normalized spacial score (nSPS) is 10.3. The fraction of sp³-hybridized carbons (Fsp3) is 0.118. The maximum absolute atomic E-state index is 3.25. The predicted octanol–water partition coefficient (Wildman–Crippen LogP) is 7.78. The zero-order valence-corrected chi connectivity index (χ0v) is 19.8. The van der Waals surface area contributed by atoms with Crippen LogP contribution < -0.4 is 0 Å². The number of benzene rings is 4. The summed E-state index contributed by atoms with van der Waals surface area (Å²) in [6, 6.07) is 33.6. The lowest BCUT2D eigenvalue weighted by molar-refractivity contribution is 1.14. The molecule has 0 saturated carbocycles. The standard InChI is InChI=1S/C34H28/c1-3-27-5-9-29(10-6-27)13-15-31-17-21-33(22-18-31)25-26-34-23-19-32(20-24-34)16-14-30-11-7-28(4-2)8-12-30/h5-12,17-26H,3-4H2,1-2H3. The summed E-state index contributed by atoms with van der Waals surface area (Å²) in [6.45, 7) is 4.32. The van der Waals surface area contributed by atoms with Gasteiger partial charge in [0.1, 0.15) is 0 Å². The molecule has 0 aliphatic rings. The number of rotatable bonds is 4. The van der Waals surface area contributed by atoms with Crippen molar-refractivity contribution in [1.82, 2.24) is 0 Å². The van der Waals surface area contributed by atoms with Gasteiger partial charge in [-0.3, -0.25) is 0 Å². The highest BCUT2D eigenvalue weighted by Crippen LogP contribution is 2.12. The molecule has 34 heavy (non-hydrogen) atoms. The molecule has 0 bridgehead atoms. The molecule has 0 unspecified atom stereocenters. The first-order chi connectivity index (χ1) is 16.7. The van der Waals surface area contributed by atoms with Crippen LogP contribution in [0.4, 0.5) is 0 Å². The summed E-state index contributed by atoms with van der Waals surface area (Å²) in [7, 11) is 0. The first-order valence-electron chi connectivity index (χ1n) is 11.8. The van der Waals surface area contributed by atoms with Gasteiger partial charge in [-0.2, -0.15) is 0 Å². The van der Waals surface area contributed by atoms with E-state index < -0.39 is 0 Å². The Morgan fingerprint density at radius 1 is 0.412 bits per heavy atom. The molecular formula is C34H28. The van der Waals surface area contributed by atoms with Crippen LogP contribution in [0.3, 0.4) is 0 Å². The molecule has 4 aromatic rings. The maximum Gasteiger partial charge on any atom is 0.0249 e. The molecule has 164 valence electrons. The van der Waals surface area contributed by atoms with Gasteiger partial charge in [-0.25, -0.2) is 0 Å². The average molecular weight is 437 g/mol. The Hall–Kier alpha value is -4.26. The van der Waals surface area contributed by atoms with Crippen LogP contribution in [0.15, 0.2) is 97.1 Å². The summed E-state index contributed by atoms with van der Waals surface area (Å²) in [6.07, 6.45) is 6.34. The summed E-state index contributed by atoms with van der Waals surface area (Å²) in [5.74, 6) is 13.0. The molecule has 0 nitrogen and oxygen atoms in total. The number of aryl methyl sites for hydroxylation is 2. The van der Waals surface area contributed by atoms with E-state index in [0.29, 0.717) is 0 Å². The quantitative estimate of drug-likeness (QED) is 0.226. The Kier molecular flexibility index (Phi) is 7.79. The third kappa shape index (κ3) is 6.62. The SMILES string of the molecule is CCc1ccc(C#Cc2ccc(C=Cc3ccc(C#Cc4ccc(CC)cc4)cc3)cc2)cc1. The van der Waals surface area contributed by atoms with E-state index in [9.17, 15) is 0 Å². The first-order valence-corrected chi connectivity index (χ1v) is 11.8. The Labute approximate surface area is 204 Å². The van der Waals surface area contributed by atoms with Crippen molar-refractivity contribution in [3.05, 3.63) is 142 Å². The van der Waals surface area contributed by atoms with Crippen LogP contribution in [-0.4, -0.2) is 0 Å². The Bertz CT molecular complexity index is 1250. The van der Waals surface area contributed by atoms with Crippen LogP contribution in [-0.2, 0) is 12.8 Å². The van der Waals surface area contributed by atoms with Crippen LogP contribution in [0.25, 0.3) is 12.2 Å². The van der Waals surface area contributed by atoms with Crippen LogP contribution in [0.2, 0.25) is 0 Å². The molecule has 0 heterocycles. The topological polar surface area (TPSA) is 0 Å². The van der Waals surface area contributed by atoms with Crippen LogP contribution in [0, 0.1) is 23.7 Å². The Morgan fingerprint density at radius 3 is 0.941 bits per heavy atom. The molecule has 0 atom stereocenters. The highest BCUT2D eigenvalue weighted by Gasteiger charge is 1.93. The summed E-state index contributed by atoms with van der Waals surface area (Å²) >= 11 is 0. The summed E-state index contributed by atoms with van der Waals surface area (Å²) < 4.78 is 0. The second-order valence-electron chi connectivity index (χ2n) is 8.18. The van der Waals surface area contributed by atoms with Gasteiger partial charge in [-0.1, -0.05) is 98.2 Å². The highest BCUT2D eigenvalue weighted by molar-refractivity contribution is 5.70. The van der Waals surface area contributed by atoms with Crippen LogP contribution >= 0.6 is 0 Å². The fourth-order valence-electron chi connectivity index (χ4n) is 3.48. The first kappa shape index (κ1) is 22.9. The maximum atomic E-state index is 3.25. The Morgan fingerprint density at radius 2 is 0.676 bits per heavy atom. The van der Waals surface area contributed by atoms with Gasteiger partial charge >= 0.3 is 0 Å². The minimum Gasteiger partial charge on any atom is -0.0617 e. The second kappa shape index (κ2) is 11.6. The minimum absolute atomic E-state index is 1.02. The van der Waals surface area contributed by atoms with Crippen LogP contribution in [0.5, 0.6) is 0 Å². The zero-order chi connectivity index (χ0) is 23.6. The molecule has 4 rings (SSSR count). The molecule has 0 saturated heterocycles. The molecule has 0 radical (unpaired) electrons. The highest BCUT2D eigenvalue weighted by atomic mass is 14.0. The van der Waals surface area contributed by atoms with Crippen molar-refractivity contribution < 1.29 is 0 Å². The van der Waals surface area contributed by atoms with Crippen molar-refractivity contribution >= 4 is 12.2 Å². The van der Waals surface area contributed by atoms with Gasteiger partial charge in [0.2, 0.25) is 0 Å². The zero-order valence-electron chi connectivity index (χ0n) is 19.8. The molecular weight excluding hydrogens is 408 g/mol. The molecule has 4 aromatic carbocycles. The van der Waals surface area contributed by atoms with E-state index >= 15 is 0 Å². The third-order valence-electron chi connectivity index (χ3n) is 5.72. The number of hydrogen-bond donors (Lipinski definition) is 0. The second-order valence-corrected chi connectivity index (χ2v) is 8.18. The lowest BCUT2D eigenvalue weighted by Crippen LogP contribution is -1.81. The smallest absolute Gasteiger partial charge is 0.0249 e. The molecule has 0 heteroatoms. The molecule has 0 aliphatic carbocycles. The van der Waals surface area contributed by atoms with E-state index in [1.165, 1.54) is 11.1 Å². The largest absolute Gasteiger partial charge is 0.0617 e. The van der Waals surface area contributed by atoms with Gasteiger partial charge in [0, 0.05) is 22.3 Å². The van der Waals surface area contributed by atoms with E-state index in [0.717, 1.165) is 46.2 Å². The minimum atomic E-state index is 1.02. The third-order valence-corrected chi connectivity index (χ3v) is 5.72. The summed E-state index contributed by atoms with van der Waals surface area (Å²) in [5.41, 5.74) is 9.10. The monoisotopic (exact) mass is 436 g/mol. The van der Waals surface area contributed by atoms with E-state index in [-0.39, 0.29) is 0 Å². The Balaban J connectivity index is 1.36. The molecule has 0 N–H and O–H groups in total. The molecule has 0 amide bonds. The van der Waals surface area contributed by atoms with Gasteiger partial charge in [0.15, 0.2) is 0 Å². The van der Waals surface area contributed by atoms with Gasteiger partial charge in [-0.15, -0.1) is 0 Å². The van der Waals surface area contributed by atoms with Gasteiger partial charge in [0.05, 0.1) is 0 Å². The predicted molar refractivity (Wildman–Crippen MR) is 145 cm³/mol. The van der Waals surface area contributed by atoms with Crippen molar-refractivity contribution in [3.8, 4) is 23.7 Å². The summed E-state index contributed by atoms with van der Waals surface area (Å²) in [4.78, 5) is 0. The summed E-state index contributed by atoms with van der Waals surface area (Å²) in [5, 5.41) is 0. The lowest BCUT2D eigenvalue weighted by Gasteiger charge is -1.97. The van der Waals surface area contributed by atoms with Gasteiger partial charge in [-0.05, 0) is 83.6 Å². The van der Waals surface area contributed by atoms with Crippen molar-refractivity contribution in [2.45, 2.75) is 26.7 Å². The molecule has 0 fully saturated rings. The van der Waals surface area contributed by atoms with Crippen molar-refractivity contribution in [2.24, 2.45) is 0 Å². The molecule has 0 aliphatic heterocycles. The van der Waals surface area contributed by atoms with Crippen LogP contribution in [0.1, 0.15) is 58.4 Å². The van der Waals surface area contributed by atoms with E-state index in [1.54, 1.807) is 0 Å². The van der Waals surface area contributed by atoms with Gasteiger partial charge < -0.3 is 0 Å². The van der Waals surface area contributed by atoms with Crippen molar-refractivity contribution in [2.75, 3.05) is 0 Å². The molecule has 0 spiro atoms. The average Bonchev–Trinajstić information content (AvgIpc) is 2.91. The molecule has 0 aromatic heterocycles. The lowest BCUT2D eigenvalue weighted by atomic mass is 10.1. The van der Waals surface area contributed by atoms with E-state index in [1.807, 2.05) is 0 Å². The van der Waals surface area contributed by atoms with Gasteiger partial charge in [0.25, 0.3) is 0 Å². The van der Waals surface area contributed by atoms with E-state index in [4.69, 9.17) is 0 Å². The van der Waals surface area contributed by atoms with E-state index in [2.05, 4.69) is 147 Å². The van der Waals surface area contributed by atoms with Crippen molar-refractivity contribution in [3.63, 3.8) is 0 Å². The number of hydrogen-bond acceptors (Lipinski definition) is 0. The fourth-order valence-corrected chi connectivity index (χ4v) is 3.48.